The highest BCUT2D eigenvalue weighted by Gasteiger charge is 2.50. The Labute approximate surface area is 123 Å². The zero-order valence-corrected chi connectivity index (χ0v) is 11.9. The summed E-state index contributed by atoms with van der Waals surface area (Å²) in [4.78, 5) is 28.0. The van der Waals surface area contributed by atoms with Crippen molar-refractivity contribution in [3.05, 3.63) is 30.1 Å². The minimum atomic E-state index is -0.814. The van der Waals surface area contributed by atoms with E-state index in [9.17, 15) is 14.7 Å². The Kier molecular flexibility index (Phi) is 3.90. The Balaban J connectivity index is 1.69. The van der Waals surface area contributed by atoms with E-state index in [-0.39, 0.29) is 23.7 Å². The van der Waals surface area contributed by atoms with E-state index in [1.165, 1.54) is 0 Å². The van der Waals surface area contributed by atoms with Crippen molar-refractivity contribution in [1.82, 2.24) is 10.3 Å². The Morgan fingerprint density at radius 1 is 1.19 bits per heavy atom. The second-order valence-electron chi connectivity index (χ2n) is 6.14. The van der Waals surface area contributed by atoms with Gasteiger partial charge >= 0.3 is 5.97 Å². The maximum Gasteiger partial charge on any atom is 0.307 e. The van der Waals surface area contributed by atoms with E-state index in [1.807, 2.05) is 12.1 Å². The number of rotatable bonds is 4. The first kappa shape index (κ1) is 14.0. The van der Waals surface area contributed by atoms with Crippen LogP contribution < -0.4 is 5.32 Å². The molecule has 5 heteroatoms. The summed E-state index contributed by atoms with van der Waals surface area (Å²) in [5, 5.41) is 12.4. The quantitative estimate of drug-likeness (QED) is 0.886. The van der Waals surface area contributed by atoms with Crippen molar-refractivity contribution < 1.29 is 14.7 Å². The smallest absolute Gasteiger partial charge is 0.307 e. The molecule has 3 aliphatic carbocycles. The van der Waals surface area contributed by atoms with Gasteiger partial charge in [0.15, 0.2) is 0 Å². The van der Waals surface area contributed by atoms with Crippen LogP contribution in [-0.2, 0) is 16.1 Å². The van der Waals surface area contributed by atoms with Gasteiger partial charge in [0, 0.05) is 18.9 Å². The number of hydrogen-bond donors (Lipinski definition) is 2. The summed E-state index contributed by atoms with van der Waals surface area (Å²) in [6.07, 6.45) is 7.27. The summed E-state index contributed by atoms with van der Waals surface area (Å²) in [5.74, 6) is -1.41. The van der Waals surface area contributed by atoms with E-state index < -0.39 is 11.9 Å². The molecule has 2 N–H and O–H groups in total. The van der Waals surface area contributed by atoms with Gasteiger partial charge in [0.2, 0.25) is 5.91 Å². The Bertz CT molecular complexity index is 524. The molecule has 0 saturated heterocycles. The van der Waals surface area contributed by atoms with Crippen molar-refractivity contribution in [2.24, 2.45) is 23.7 Å². The molecule has 3 fully saturated rings. The lowest BCUT2D eigenvalue weighted by Crippen LogP contribution is -2.50. The molecule has 3 aliphatic rings. The highest BCUT2D eigenvalue weighted by atomic mass is 16.4. The van der Waals surface area contributed by atoms with Crippen LogP contribution in [0.5, 0.6) is 0 Å². The molecule has 1 aromatic rings. The lowest BCUT2D eigenvalue weighted by Gasteiger charge is -2.45. The van der Waals surface area contributed by atoms with Crippen LogP contribution in [0, 0.1) is 23.7 Å². The highest BCUT2D eigenvalue weighted by molar-refractivity contribution is 5.85. The summed E-state index contributed by atoms with van der Waals surface area (Å²) < 4.78 is 0. The maximum atomic E-state index is 12.5. The van der Waals surface area contributed by atoms with Crippen molar-refractivity contribution in [2.75, 3.05) is 0 Å². The topological polar surface area (TPSA) is 79.3 Å². The summed E-state index contributed by atoms with van der Waals surface area (Å²) in [5.41, 5.74) is 0.929. The van der Waals surface area contributed by atoms with Gasteiger partial charge in [0.05, 0.1) is 11.8 Å². The molecular formula is C16H20N2O3. The van der Waals surface area contributed by atoms with Gasteiger partial charge in [0.25, 0.3) is 0 Å². The number of amides is 1. The molecule has 112 valence electrons. The highest BCUT2D eigenvalue weighted by Crippen LogP contribution is 2.49. The second-order valence-corrected chi connectivity index (χ2v) is 6.14. The van der Waals surface area contributed by atoms with Gasteiger partial charge in [-0.05, 0) is 49.1 Å². The number of fused-ring (bicyclic) bond motifs is 3. The van der Waals surface area contributed by atoms with E-state index in [1.54, 1.807) is 12.4 Å². The van der Waals surface area contributed by atoms with E-state index in [0.717, 1.165) is 31.2 Å². The van der Waals surface area contributed by atoms with Crippen molar-refractivity contribution in [3.8, 4) is 0 Å². The van der Waals surface area contributed by atoms with Crippen LogP contribution in [0.15, 0.2) is 24.5 Å². The van der Waals surface area contributed by atoms with E-state index in [4.69, 9.17) is 0 Å². The number of aliphatic carboxylic acids is 1. The van der Waals surface area contributed by atoms with Crippen LogP contribution in [0.1, 0.15) is 31.2 Å². The molecule has 0 aromatic carbocycles. The van der Waals surface area contributed by atoms with E-state index >= 15 is 0 Å². The predicted molar refractivity (Wildman–Crippen MR) is 76.1 cm³/mol. The molecule has 0 spiro atoms. The Morgan fingerprint density at radius 3 is 2.43 bits per heavy atom. The Hall–Kier alpha value is -1.91. The molecule has 2 bridgehead atoms. The number of carbonyl (C=O) groups is 2. The van der Waals surface area contributed by atoms with Crippen molar-refractivity contribution >= 4 is 11.9 Å². The molecule has 5 nitrogen and oxygen atoms in total. The number of carboxylic acid groups (broad SMARTS) is 1. The van der Waals surface area contributed by atoms with Crippen LogP contribution in [0.4, 0.5) is 0 Å². The average molecular weight is 288 g/mol. The van der Waals surface area contributed by atoms with Gasteiger partial charge in [0.1, 0.15) is 0 Å². The van der Waals surface area contributed by atoms with Crippen LogP contribution in [0.2, 0.25) is 0 Å². The summed E-state index contributed by atoms with van der Waals surface area (Å²) in [7, 11) is 0. The molecule has 1 amide bonds. The van der Waals surface area contributed by atoms with Gasteiger partial charge in [-0.25, -0.2) is 0 Å². The van der Waals surface area contributed by atoms with E-state index in [0.29, 0.717) is 6.54 Å². The number of nitrogens with one attached hydrogen (secondary N) is 1. The van der Waals surface area contributed by atoms with Gasteiger partial charge in [-0.2, -0.15) is 0 Å². The molecule has 21 heavy (non-hydrogen) atoms. The first-order chi connectivity index (χ1) is 10.2. The molecule has 0 aliphatic heterocycles. The number of nitrogens with zero attached hydrogens (tertiary/aromatic N) is 1. The molecule has 2 atom stereocenters. The van der Waals surface area contributed by atoms with Gasteiger partial charge in [-0.1, -0.05) is 6.07 Å². The average Bonchev–Trinajstić information content (AvgIpc) is 2.53. The van der Waals surface area contributed by atoms with Crippen LogP contribution in [0.25, 0.3) is 0 Å². The van der Waals surface area contributed by atoms with Crippen LogP contribution in [-0.4, -0.2) is 22.0 Å². The molecule has 1 aromatic heterocycles. The lowest BCUT2D eigenvalue weighted by atomic mass is 9.58. The zero-order valence-electron chi connectivity index (χ0n) is 11.9. The van der Waals surface area contributed by atoms with Gasteiger partial charge in [-0.15, -0.1) is 0 Å². The monoisotopic (exact) mass is 288 g/mol. The molecule has 3 saturated carbocycles. The van der Waals surface area contributed by atoms with Crippen molar-refractivity contribution in [3.63, 3.8) is 0 Å². The number of aromatic nitrogens is 1. The molecule has 4 rings (SSSR count). The summed E-state index contributed by atoms with van der Waals surface area (Å²) >= 11 is 0. The van der Waals surface area contributed by atoms with Gasteiger partial charge in [-0.3, -0.25) is 14.6 Å². The third-order valence-electron chi connectivity index (χ3n) is 5.00. The molecule has 0 radical (unpaired) electrons. The minimum absolute atomic E-state index is 0.111. The predicted octanol–water partition coefficient (Wildman–Crippen LogP) is 1.83. The number of carboxylic acids is 1. The standard InChI is InChI=1S/C16H20N2O3/c19-15(18-9-10-2-1-7-17-8-10)13-11-3-5-12(6-4-11)14(13)16(20)21/h1-2,7-8,11-14H,3-6,9H2,(H,18,19)(H,20,21). The van der Waals surface area contributed by atoms with Gasteiger partial charge < -0.3 is 10.4 Å². The zero-order chi connectivity index (χ0) is 14.8. The third-order valence-corrected chi connectivity index (χ3v) is 5.00. The first-order valence-electron chi connectivity index (χ1n) is 7.56. The maximum absolute atomic E-state index is 12.5. The van der Waals surface area contributed by atoms with Crippen molar-refractivity contribution in [1.29, 1.82) is 0 Å². The minimum Gasteiger partial charge on any atom is -0.481 e. The summed E-state index contributed by atoms with van der Waals surface area (Å²) in [6.45, 7) is 0.410. The first-order valence-corrected chi connectivity index (χ1v) is 7.56. The third kappa shape index (κ3) is 2.77. The lowest BCUT2D eigenvalue weighted by molar-refractivity contribution is -0.158. The van der Waals surface area contributed by atoms with Crippen molar-refractivity contribution in [2.45, 2.75) is 32.2 Å². The fourth-order valence-electron chi connectivity index (χ4n) is 3.99. The number of pyridine rings is 1. The molecule has 2 unspecified atom stereocenters. The number of hydrogen-bond acceptors (Lipinski definition) is 3. The Morgan fingerprint density at radius 2 is 1.86 bits per heavy atom. The largest absolute Gasteiger partial charge is 0.481 e. The fourth-order valence-corrected chi connectivity index (χ4v) is 3.99. The van der Waals surface area contributed by atoms with Crippen LogP contribution in [0.3, 0.4) is 0 Å². The second kappa shape index (κ2) is 5.84. The molecular weight excluding hydrogens is 268 g/mol. The molecule has 1 heterocycles. The SMILES string of the molecule is O=C(O)C1C2CCC(CC2)C1C(=O)NCc1cccnc1. The number of carbonyl (C=O) groups excluding carboxylic acids is 1. The van der Waals surface area contributed by atoms with E-state index in [2.05, 4.69) is 10.3 Å². The van der Waals surface area contributed by atoms with Crippen LogP contribution >= 0.6 is 0 Å². The summed E-state index contributed by atoms with van der Waals surface area (Å²) in [6, 6.07) is 3.72. The normalized spacial score (nSPS) is 30.9. The fraction of sp³-hybridized carbons (Fsp3) is 0.562.